The summed E-state index contributed by atoms with van der Waals surface area (Å²) >= 11 is 0. The van der Waals surface area contributed by atoms with Crippen LogP contribution in [-0.2, 0) is 0 Å². The summed E-state index contributed by atoms with van der Waals surface area (Å²) in [5, 5.41) is 0. The number of nitrogens with two attached hydrogens (primary N) is 1. The number of nitrogens with zero attached hydrogens (tertiary/aromatic N) is 1. The Hall–Kier alpha value is -0.730. The molecule has 3 nitrogen and oxygen atoms in total. The Balaban J connectivity index is 2.30. The maximum Gasteiger partial charge on any atom is 0.314 e. The van der Waals surface area contributed by atoms with Gasteiger partial charge < -0.3 is 10.6 Å². The minimum absolute atomic E-state index is 0.264. The van der Waals surface area contributed by atoms with Crippen molar-refractivity contribution in [2.45, 2.75) is 26.2 Å². The number of likely N-dealkylation sites (tertiary alicyclic amines) is 1. The zero-order valence-corrected chi connectivity index (χ0v) is 7.05. The van der Waals surface area contributed by atoms with Crippen molar-refractivity contribution in [1.82, 2.24) is 4.90 Å². The Labute approximate surface area is 67.5 Å². The number of carbonyl (C=O) groups is 1. The molecule has 0 spiro atoms. The Kier molecular flexibility index (Phi) is 2.74. The molecule has 1 fully saturated rings. The predicted molar refractivity (Wildman–Crippen MR) is 44.2 cm³/mol. The molecule has 1 heterocycles. The van der Waals surface area contributed by atoms with Crippen LogP contribution in [0.1, 0.15) is 26.2 Å². The summed E-state index contributed by atoms with van der Waals surface area (Å²) in [5.41, 5.74) is 5.14. The zero-order valence-electron chi connectivity index (χ0n) is 7.05. The van der Waals surface area contributed by atoms with Crippen LogP contribution in [-0.4, -0.2) is 24.0 Å². The van der Waals surface area contributed by atoms with Crippen LogP contribution in [0, 0.1) is 5.92 Å². The highest BCUT2D eigenvalue weighted by Crippen LogP contribution is 2.19. The summed E-state index contributed by atoms with van der Waals surface area (Å²) in [6.45, 7) is 3.91. The van der Waals surface area contributed by atoms with Gasteiger partial charge in [0.1, 0.15) is 0 Å². The number of rotatable bonds is 1. The minimum atomic E-state index is -0.264. The van der Waals surface area contributed by atoms with Crippen LogP contribution in [0.3, 0.4) is 0 Å². The average molecular weight is 156 g/mol. The molecule has 0 unspecified atom stereocenters. The summed E-state index contributed by atoms with van der Waals surface area (Å²) < 4.78 is 0. The van der Waals surface area contributed by atoms with Crippen LogP contribution in [0.2, 0.25) is 0 Å². The van der Waals surface area contributed by atoms with Gasteiger partial charge in [-0.05, 0) is 18.8 Å². The summed E-state index contributed by atoms with van der Waals surface area (Å²) in [6, 6.07) is -0.264. The number of primary amides is 1. The third-order valence-corrected chi connectivity index (χ3v) is 2.50. The number of carbonyl (C=O) groups excluding carboxylic acids is 1. The third-order valence-electron chi connectivity index (χ3n) is 2.50. The first-order chi connectivity index (χ1) is 5.24. The quantitative estimate of drug-likeness (QED) is 0.609. The fraction of sp³-hybridized carbons (Fsp3) is 0.875. The molecular weight excluding hydrogens is 140 g/mol. The largest absolute Gasteiger partial charge is 0.351 e. The fourth-order valence-corrected chi connectivity index (χ4v) is 1.56. The second-order valence-electron chi connectivity index (χ2n) is 3.18. The van der Waals surface area contributed by atoms with E-state index in [1.165, 1.54) is 6.42 Å². The molecule has 64 valence electrons. The smallest absolute Gasteiger partial charge is 0.314 e. The van der Waals surface area contributed by atoms with E-state index in [4.69, 9.17) is 5.73 Å². The minimum Gasteiger partial charge on any atom is -0.351 e. The molecule has 2 N–H and O–H groups in total. The molecule has 0 aromatic heterocycles. The number of hydrogen-bond acceptors (Lipinski definition) is 1. The van der Waals surface area contributed by atoms with E-state index < -0.39 is 0 Å². The van der Waals surface area contributed by atoms with E-state index in [1.807, 2.05) is 0 Å². The van der Waals surface area contributed by atoms with Crippen LogP contribution < -0.4 is 5.73 Å². The van der Waals surface area contributed by atoms with Crippen LogP contribution in [0.4, 0.5) is 4.79 Å². The molecule has 0 aromatic carbocycles. The lowest BCUT2D eigenvalue weighted by Gasteiger charge is -2.29. The maximum atomic E-state index is 10.7. The van der Waals surface area contributed by atoms with Crippen molar-refractivity contribution >= 4 is 6.03 Å². The summed E-state index contributed by atoms with van der Waals surface area (Å²) in [5.74, 6) is 0.811. The molecule has 0 aliphatic carbocycles. The first-order valence-corrected chi connectivity index (χ1v) is 4.28. The average Bonchev–Trinajstić information content (AvgIpc) is 2.05. The van der Waals surface area contributed by atoms with Crippen molar-refractivity contribution < 1.29 is 4.79 Å². The van der Waals surface area contributed by atoms with Crippen LogP contribution in [0.25, 0.3) is 0 Å². The van der Waals surface area contributed by atoms with E-state index in [0.717, 1.165) is 31.8 Å². The molecule has 3 heteroatoms. The molecule has 2 amide bonds. The SMILES string of the molecule is CCC1CCN(C(N)=O)CC1. The second kappa shape index (κ2) is 3.60. The number of hydrogen-bond donors (Lipinski definition) is 1. The van der Waals surface area contributed by atoms with Gasteiger partial charge in [-0.1, -0.05) is 13.3 Å². The molecule has 1 aliphatic rings. The molecule has 1 aliphatic heterocycles. The van der Waals surface area contributed by atoms with Crippen molar-refractivity contribution in [3.63, 3.8) is 0 Å². The zero-order chi connectivity index (χ0) is 8.27. The first-order valence-electron chi connectivity index (χ1n) is 4.28. The molecule has 0 bridgehead atoms. The Morgan fingerprint density at radius 1 is 1.55 bits per heavy atom. The summed E-state index contributed by atoms with van der Waals surface area (Å²) in [7, 11) is 0. The lowest BCUT2D eigenvalue weighted by molar-refractivity contribution is 0.178. The van der Waals surface area contributed by atoms with Crippen LogP contribution >= 0.6 is 0 Å². The van der Waals surface area contributed by atoms with Crippen molar-refractivity contribution in [2.75, 3.05) is 13.1 Å². The van der Waals surface area contributed by atoms with E-state index >= 15 is 0 Å². The number of amides is 2. The van der Waals surface area contributed by atoms with Gasteiger partial charge in [0.15, 0.2) is 0 Å². The molecule has 0 radical (unpaired) electrons. The normalized spacial score (nSPS) is 20.3. The topological polar surface area (TPSA) is 46.3 Å². The Morgan fingerprint density at radius 2 is 2.09 bits per heavy atom. The molecule has 1 saturated heterocycles. The van der Waals surface area contributed by atoms with Gasteiger partial charge in [-0.2, -0.15) is 0 Å². The monoisotopic (exact) mass is 156 g/mol. The molecule has 0 atom stereocenters. The van der Waals surface area contributed by atoms with Gasteiger partial charge in [-0.25, -0.2) is 4.79 Å². The predicted octanol–water partition coefficient (Wildman–Crippen LogP) is 1.19. The first kappa shape index (κ1) is 8.37. The van der Waals surface area contributed by atoms with E-state index in [0.29, 0.717) is 0 Å². The Morgan fingerprint density at radius 3 is 2.45 bits per heavy atom. The van der Waals surface area contributed by atoms with Crippen molar-refractivity contribution in [2.24, 2.45) is 11.7 Å². The van der Waals surface area contributed by atoms with Gasteiger partial charge in [0.05, 0.1) is 0 Å². The molecular formula is C8H16N2O. The van der Waals surface area contributed by atoms with Gasteiger partial charge in [0.2, 0.25) is 0 Å². The summed E-state index contributed by atoms with van der Waals surface area (Å²) in [4.78, 5) is 12.4. The molecule has 1 rings (SSSR count). The van der Waals surface area contributed by atoms with Gasteiger partial charge >= 0.3 is 6.03 Å². The molecule has 11 heavy (non-hydrogen) atoms. The van der Waals surface area contributed by atoms with Gasteiger partial charge in [-0.15, -0.1) is 0 Å². The highest BCUT2D eigenvalue weighted by atomic mass is 16.2. The van der Waals surface area contributed by atoms with Crippen LogP contribution in [0.15, 0.2) is 0 Å². The third kappa shape index (κ3) is 2.10. The highest BCUT2D eigenvalue weighted by molar-refractivity contribution is 5.72. The van der Waals surface area contributed by atoms with Crippen molar-refractivity contribution in [1.29, 1.82) is 0 Å². The number of urea groups is 1. The lowest BCUT2D eigenvalue weighted by Crippen LogP contribution is -2.41. The molecule has 0 aromatic rings. The summed E-state index contributed by atoms with van der Waals surface area (Å²) in [6.07, 6.45) is 3.48. The van der Waals surface area contributed by atoms with Crippen molar-refractivity contribution in [3.8, 4) is 0 Å². The number of piperidine rings is 1. The van der Waals surface area contributed by atoms with Crippen LogP contribution in [0.5, 0.6) is 0 Å². The maximum absolute atomic E-state index is 10.7. The van der Waals surface area contributed by atoms with Gasteiger partial charge in [0.25, 0.3) is 0 Å². The van der Waals surface area contributed by atoms with E-state index in [-0.39, 0.29) is 6.03 Å². The van der Waals surface area contributed by atoms with Gasteiger partial charge in [0, 0.05) is 13.1 Å². The second-order valence-corrected chi connectivity index (χ2v) is 3.18. The van der Waals surface area contributed by atoms with E-state index in [9.17, 15) is 4.79 Å². The fourth-order valence-electron chi connectivity index (χ4n) is 1.56. The molecule has 0 saturated carbocycles. The lowest BCUT2D eigenvalue weighted by atomic mass is 9.95. The van der Waals surface area contributed by atoms with E-state index in [2.05, 4.69) is 6.92 Å². The van der Waals surface area contributed by atoms with Crippen molar-refractivity contribution in [3.05, 3.63) is 0 Å². The van der Waals surface area contributed by atoms with E-state index in [1.54, 1.807) is 4.90 Å². The van der Waals surface area contributed by atoms with Gasteiger partial charge in [-0.3, -0.25) is 0 Å². The Bertz CT molecular complexity index is 139. The highest BCUT2D eigenvalue weighted by Gasteiger charge is 2.19. The standard InChI is InChI=1S/C8H16N2O/c1-2-7-3-5-10(6-4-7)8(9)11/h7H,2-6H2,1H3,(H2,9,11).